The zero-order valence-electron chi connectivity index (χ0n) is 9.99. The van der Waals surface area contributed by atoms with Crippen LogP contribution in [0.4, 0.5) is 5.82 Å². The summed E-state index contributed by atoms with van der Waals surface area (Å²) >= 11 is 2.07. The van der Waals surface area contributed by atoms with Crippen molar-refractivity contribution in [1.29, 1.82) is 0 Å². The van der Waals surface area contributed by atoms with E-state index in [1.165, 1.54) is 24.3 Å². The first-order chi connectivity index (χ1) is 7.75. The number of hydrogen-bond donors (Lipinski definition) is 1. The topological polar surface area (TPSA) is 37.8 Å². The van der Waals surface area contributed by atoms with Crippen LogP contribution in [0, 0.1) is 19.8 Å². The highest BCUT2D eigenvalue weighted by Crippen LogP contribution is 2.22. The van der Waals surface area contributed by atoms with Gasteiger partial charge < -0.3 is 5.32 Å². The lowest BCUT2D eigenvalue weighted by atomic mass is 10.0. The van der Waals surface area contributed by atoms with Crippen molar-refractivity contribution in [3.8, 4) is 0 Å². The van der Waals surface area contributed by atoms with Crippen LogP contribution >= 0.6 is 11.8 Å². The van der Waals surface area contributed by atoms with Crippen LogP contribution in [0.5, 0.6) is 0 Å². The van der Waals surface area contributed by atoms with E-state index in [9.17, 15) is 0 Å². The summed E-state index contributed by atoms with van der Waals surface area (Å²) in [6.07, 6.45) is 4.49. The van der Waals surface area contributed by atoms with Gasteiger partial charge in [-0.2, -0.15) is 11.8 Å². The van der Waals surface area contributed by atoms with E-state index in [0.717, 1.165) is 29.7 Å². The standard InChI is InChI=1S/C12H19N3S/c1-9-10(2)15-12(8-13-9)14-7-11-3-5-16-6-4-11/h8,11H,3-7H2,1-2H3,(H,14,15). The second-order valence-electron chi connectivity index (χ2n) is 4.36. The van der Waals surface area contributed by atoms with Gasteiger partial charge in [0, 0.05) is 6.54 Å². The molecular formula is C12H19N3S. The second-order valence-corrected chi connectivity index (χ2v) is 5.59. The number of thioether (sulfide) groups is 1. The van der Waals surface area contributed by atoms with E-state index in [1.54, 1.807) is 0 Å². The van der Waals surface area contributed by atoms with Gasteiger partial charge in [-0.25, -0.2) is 4.98 Å². The van der Waals surface area contributed by atoms with E-state index < -0.39 is 0 Å². The van der Waals surface area contributed by atoms with E-state index >= 15 is 0 Å². The Labute approximate surface area is 101 Å². The summed E-state index contributed by atoms with van der Waals surface area (Å²) in [4.78, 5) is 8.79. The van der Waals surface area contributed by atoms with Crippen LogP contribution in [-0.2, 0) is 0 Å². The molecule has 0 amide bonds. The lowest BCUT2D eigenvalue weighted by Crippen LogP contribution is -2.19. The number of hydrogen-bond acceptors (Lipinski definition) is 4. The average molecular weight is 237 g/mol. The van der Waals surface area contributed by atoms with Crippen LogP contribution < -0.4 is 5.32 Å². The number of aromatic nitrogens is 2. The minimum absolute atomic E-state index is 0.810. The van der Waals surface area contributed by atoms with Crippen molar-refractivity contribution in [2.45, 2.75) is 26.7 Å². The number of rotatable bonds is 3. The van der Waals surface area contributed by atoms with E-state index in [-0.39, 0.29) is 0 Å². The van der Waals surface area contributed by atoms with Gasteiger partial charge in [-0.1, -0.05) is 0 Å². The Balaban J connectivity index is 1.86. The molecule has 2 heterocycles. The normalized spacial score (nSPS) is 17.4. The maximum atomic E-state index is 4.48. The van der Waals surface area contributed by atoms with Crippen molar-refractivity contribution in [3.63, 3.8) is 0 Å². The van der Waals surface area contributed by atoms with Crippen molar-refractivity contribution >= 4 is 17.6 Å². The summed E-state index contributed by atoms with van der Waals surface area (Å²) in [5.74, 6) is 4.35. The molecule has 1 saturated heterocycles. The molecule has 88 valence electrons. The quantitative estimate of drug-likeness (QED) is 0.877. The predicted octanol–water partition coefficient (Wildman–Crippen LogP) is 2.65. The van der Waals surface area contributed by atoms with E-state index in [4.69, 9.17) is 0 Å². The van der Waals surface area contributed by atoms with Gasteiger partial charge in [0.05, 0.1) is 17.6 Å². The average Bonchev–Trinajstić information content (AvgIpc) is 2.32. The van der Waals surface area contributed by atoms with Gasteiger partial charge in [0.1, 0.15) is 5.82 Å². The molecule has 4 heteroatoms. The third kappa shape index (κ3) is 3.11. The van der Waals surface area contributed by atoms with Crippen molar-refractivity contribution < 1.29 is 0 Å². The van der Waals surface area contributed by atoms with E-state index in [2.05, 4.69) is 27.0 Å². The fraction of sp³-hybridized carbons (Fsp3) is 0.667. The Morgan fingerprint density at radius 3 is 2.75 bits per heavy atom. The van der Waals surface area contributed by atoms with E-state index in [0.29, 0.717) is 0 Å². The first-order valence-corrected chi connectivity index (χ1v) is 7.03. The number of nitrogens with zero attached hydrogens (tertiary/aromatic N) is 2. The molecule has 1 aliphatic rings. The van der Waals surface area contributed by atoms with Crippen molar-refractivity contribution in [2.75, 3.05) is 23.4 Å². The Kier molecular flexibility index (Phi) is 4.04. The summed E-state index contributed by atoms with van der Waals surface area (Å²) in [6.45, 7) is 5.03. The SMILES string of the molecule is Cc1ncc(NCC2CCSCC2)nc1C. The molecule has 0 aromatic carbocycles. The molecule has 1 aromatic heterocycles. The highest BCUT2D eigenvalue weighted by molar-refractivity contribution is 7.99. The van der Waals surface area contributed by atoms with Crippen LogP contribution in [0.1, 0.15) is 24.2 Å². The summed E-state index contributed by atoms with van der Waals surface area (Å²) in [5.41, 5.74) is 2.03. The van der Waals surface area contributed by atoms with Gasteiger partial charge in [-0.3, -0.25) is 4.98 Å². The first kappa shape index (κ1) is 11.7. The fourth-order valence-electron chi connectivity index (χ4n) is 1.83. The maximum absolute atomic E-state index is 4.48. The Morgan fingerprint density at radius 2 is 2.06 bits per heavy atom. The molecule has 1 aromatic rings. The number of aryl methyl sites for hydroxylation is 2. The van der Waals surface area contributed by atoms with Gasteiger partial charge in [-0.15, -0.1) is 0 Å². The molecule has 1 N–H and O–H groups in total. The van der Waals surface area contributed by atoms with Crippen molar-refractivity contribution in [2.24, 2.45) is 5.92 Å². The lowest BCUT2D eigenvalue weighted by Gasteiger charge is -2.21. The Bertz CT molecular complexity index is 348. The zero-order valence-corrected chi connectivity index (χ0v) is 10.8. The molecule has 0 spiro atoms. The molecule has 0 atom stereocenters. The highest BCUT2D eigenvalue weighted by atomic mass is 32.2. The minimum atomic E-state index is 0.810. The second kappa shape index (κ2) is 5.53. The third-order valence-corrected chi connectivity index (χ3v) is 4.15. The van der Waals surface area contributed by atoms with Crippen LogP contribution in [0.3, 0.4) is 0 Å². The molecule has 0 bridgehead atoms. The molecule has 3 nitrogen and oxygen atoms in total. The lowest BCUT2D eigenvalue weighted by molar-refractivity contribution is 0.515. The van der Waals surface area contributed by atoms with Gasteiger partial charge in [0.15, 0.2) is 0 Å². The summed E-state index contributed by atoms with van der Waals surface area (Å²) < 4.78 is 0. The summed E-state index contributed by atoms with van der Waals surface area (Å²) in [7, 11) is 0. The molecule has 2 rings (SSSR count). The van der Waals surface area contributed by atoms with Crippen molar-refractivity contribution in [3.05, 3.63) is 17.6 Å². The largest absolute Gasteiger partial charge is 0.369 e. The number of nitrogens with one attached hydrogen (secondary N) is 1. The number of anilines is 1. The summed E-state index contributed by atoms with van der Waals surface area (Å²) in [6, 6.07) is 0. The van der Waals surface area contributed by atoms with Crippen LogP contribution in [0.25, 0.3) is 0 Å². The van der Waals surface area contributed by atoms with Gasteiger partial charge in [0.2, 0.25) is 0 Å². The molecule has 0 unspecified atom stereocenters. The molecule has 1 aliphatic heterocycles. The fourth-order valence-corrected chi connectivity index (χ4v) is 3.03. The predicted molar refractivity (Wildman–Crippen MR) is 70.0 cm³/mol. The van der Waals surface area contributed by atoms with Crippen LogP contribution in [0.2, 0.25) is 0 Å². The zero-order chi connectivity index (χ0) is 11.4. The molecule has 0 radical (unpaired) electrons. The molecule has 16 heavy (non-hydrogen) atoms. The Morgan fingerprint density at radius 1 is 1.31 bits per heavy atom. The minimum Gasteiger partial charge on any atom is -0.369 e. The molecule has 0 aliphatic carbocycles. The Hall–Kier alpha value is -0.770. The monoisotopic (exact) mass is 237 g/mol. The molecular weight excluding hydrogens is 218 g/mol. The first-order valence-electron chi connectivity index (χ1n) is 5.87. The highest BCUT2D eigenvalue weighted by Gasteiger charge is 2.13. The van der Waals surface area contributed by atoms with Crippen LogP contribution in [0.15, 0.2) is 6.20 Å². The van der Waals surface area contributed by atoms with E-state index in [1.807, 2.05) is 20.0 Å². The molecule has 0 saturated carbocycles. The molecule has 1 fully saturated rings. The smallest absolute Gasteiger partial charge is 0.144 e. The third-order valence-electron chi connectivity index (χ3n) is 3.10. The summed E-state index contributed by atoms with van der Waals surface area (Å²) in [5, 5.41) is 3.40. The van der Waals surface area contributed by atoms with Gasteiger partial charge in [0.25, 0.3) is 0 Å². The van der Waals surface area contributed by atoms with Gasteiger partial charge >= 0.3 is 0 Å². The maximum Gasteiger partial charge on any atom is 0.144 e. The van der Waals surface area contributed by atoms with Gasteiger partial charge in [-0.05, 0) is 44.1 Å². The van der Waals surface area contributed by atoms with Crippen LogP contribution in [-0.4, -0.2) is 28.0 Å². The van der Waals surface area contributed by atoms with Crippen molar-refractivity contribution in [1.82, 2.24) is 9.97 Å².